The first kappa shape index (κ1) is 14.3. The van der Waals surface area contributed by atoms with Gasteiger partial charge in [-0.05, 0) is 17.7 Å². The maximum absolute atomic E-state index is 12.5. The number of halogens is 2. The maximum Gasteiger partial charge on any atom is 0.257 e. The summed E-state index contributed by atoms with van der Waals surface area (Å²) in [4.78, 5) is 0. The average molecular weight is 279 g/mol. The van der Waals surface area contributed by atoms with Gasteiger partial charge in [0.1, 0.15) is 18.1 Å². The van der Waals surface area contributed by atoms with Gasteiger partial charge < -0.3 is 15.6 Å². The summed E-state index contributed by atoms with van der Waals surface area (Å²) in [6.07, 6.45) is -2.73. The SMILES string of the molecule is N[C@H](c1ccc(OCc2ccccc2)cc1O)C(F)F. The van der Waals surface area contributed by atoms with Crippen molar-refractivity contribution in [2.75, 3.05) is 0 Å². The molecular formula is C15H15F2NO2. The van der Waals surface area contributed by atoms with Crippen molar-refractivity contribution < 1.29 is 18.6 Å². The smallest absolute Gasteiger partial charge is 0.257 e. The van der Waals surface area contributed by atoms with Gasteiger partial charge in [0, 0.05) is 11.6 Å². The topological polar surface area (TPSA) is 55.5 Å². The zero-order valence-corrected chi connectivity index (χ0v) is 10.7. The Balaban J connectivity index is 2.06. The number of nitrogens with two attached hydrogens (primary N) is 1. The molecule has 2 aromatic carbocycles. The molecule has 0 aliphatic heterocycles. The molecule has 2 rings (SSSR count). The lowest BCUT2D eigenvalue weighted by Gasteiger charge is -2.14. The minimum Gasteiger partial charge on any atom is -0.507 e. The van der Waals surface area contributed by atoms with Gasteiger partial charge in [-0.15, -0.1) is 0 Å². The van der Waals surface area contributed by atoms with Gasteiger partial charge in [0.05, 0.1) is 6.04 Å². The molecule has 0 fully saturated rings. The molecule has 0 heterocycles. The molecule has 0 amide bonds. The highest BCUT2D eigenvalue weighted by molar-refractivity contribution is 5.41. The summed E-state index contributed by atoms with van der Waals surface area (Å²) in [6, 6.07) is 12.1. The van der Waals surface area contributed by atoms with Crippen LogP contribution in [-0.4, -0.2) is 11.5 Å². The molecule has 106 valence electrons. The van der Waals surface area contributed by atoms with Gasteiger partial charge in [0.2, 0.25) is 0 Å². The van der Waals surface area contributed by atoms with Crippen molar-refractivity contribution in [2.24, 2.45) is 5.73 Å². The van der Waals surface area contributed by atoms with Gasteiger partial charge in [-0.25, -0.2) is 8.78 Å². The summed E-state index contributed by atoms with van der Waals surface area (Å²) in [5.74, 6) is 0.111. The third kappa shape index (κ3) is 3.45. The molecule has 2 aromatic rings. The zero-order valence-electron chi connectivity index (χ0n) is 10.7. The van der Waals surface area contributed by atoms with Crippen LogP contribution in [0.15, 0.2) is 48.5 Å². The van der Waals surface area contributed by atoms with Crippen molar-refractivity contribution in [3.05, 3.63) is 59.7 Å². The van der Waals surface area contributed by atoms with Crippen LogP contribution in [0.1, 0.15) is 17.2 Å². The summed E-state index contributed by atoms with van der Waals surface area (Å²) in [7, 11) is 0. The van der Waals surface area contributed by atoms with Gasteiger partial charge in [-0.2, -0.15) is 0 Å². The highest BCUT2D eigenvalue weighted by Gasteiger charge is 2.20. The fourth-order valence-electron chi connectivity index (χ4n) is 1.77. The van der Waals surface area contributed by atoms with Crippen molar-refractivity contribution >= 4 is 0 Å². The third-order valence-corrected chi connectivity index (χ3v) is 2.88. The Labute approximate surface area is 115 Å². The lowest BCUT2D eigenvalue weighted by molar-refractivity contribution is 0.115. The molecule has 0 radical (unpaired) electrons. The molecule has 0 saturated carbocycles. The first-order valence-electron chi connectivity index (χ1n) is 6.11. The molecule has 0 saturated heterocycles. The molecule has 3 nitrogen and oxygen atoms in total. The quantitative estimate of drug-likeness (QED) is 0.883. The lowest BCUT2D eigenvalue weighted by Crippen LogP contribution is -2.18. The van der Waals surface area contributed by atoms with Crippen molar-refractivity contribution in [1.82, 2.24) is 0 Å². The Morgan fingerprint density at radius 1 is 1.10 bits per heavy atom. The molecule has 1 atom stereocenters. The van der Waals surface area contributed by atoms with E-state index in [0.29, 0.717) is 12.4 Å². The number of phenolic OH excluding ortho intramolecular Hbond substituents is 1. The Bertz CT molecular complexity index is 561. The summed E-state index contributed by atoms with van der Waals surface area (Å²) >= 11 is 0. The first-order chi connectivity index (χ1) is 9.58. The third-order valence-electron chi connectivity index (χ3n) is 2.88. The largest absolute Gasteiger partial charge is 0.507 e. The van der Waals surface area contributed by atoms with E-state index >= 15 is 0 Å². The molecule has 0 unspecified atom stereocenters. The Kier molecular flexibility index (Phi) is 4.53. The number of benzene rings is 2. The van der Waals surface area contributed by atoms with Crippen molar-refractivity contribution in [2.45, 2.75) is 19.1 Å². The standard InChI is InChI=1S/C15H15F2NO2/c16-15(17)14(18)12-7-6-11(8-13(12)19)20-9-10-4-2-1-3-5-10/h1-8,14-15,19H,9,18H2/t14-/m1/s1. The monoisotopic (exact) mass is 279 g/mol. The lowest BCUT2D eigenvalue weighted by atomic mass is 10.1. The number of hydrogen-bond acceptors (Lipinski definition) is 3. The van der Waals surface area contributed by atoms with E-state index < -0.39 is 12.5 Å². The molecule has 3 N–H and O–H groups in total. The van der Waals surface area contributed by atoms with Crippen LogP contribution in [0.25, 0.3) is 0 Å². The number of alkyl halides is 2. The highest BCUT2D eigenvalue weighted by Crippen LogP contribution is 2.30. The predicted molar refractivity (Wildman–Crippen MR) is 71.8 cm³/mol. The van der Waals surface area contributed by atoms with E-state index in [2.05, 4.69) is 0 Å². The van der Waals surface area contributed by atoms with Crippen molar-refractivity contribution in [1.29, 1.82) is 0 Å². The second kappa shape index (κ2) is 6.34. The summed E-state index contributed by atoms with van der Waals surface area (Å²) < 4.78 is 30.5. The van der Waals surface area contributed by atoms with Gasteiger partial charge in [0.25, 0.3) is 6.43 Å². The van der Waals surface area contributed by atoms with Gasteiger partial charge in [-0.3, -0.25) is 0 Å². The van der Waals surface area contributed by atoms with Gasteiger partial charge in [-0.1, -0.05) is 30.3 Å². The number of ether oxygens (including phenoxy) is 1. The van der Waals surface area contributed by atoms with Gasteiger partial charge >= 0.3 is 0 Å². The number of rotatable bonds is 5. The van der Waals surface area contributed by atoms with E-state index in [-0.39, 0.29) is 11.3 Å². The van der Waals surface area contributed by atoms with Crippen LogP contribution in [0.3, 0.4) is 0 Å². The fraction of sp³-hybridized carbons (Fsp3) is 0.200. The second-order valence-corrected chi connectivity index (χ2v) is 4.36. The van der Waals surface area contributed by atoms with Crippen LogP contribution in [0.2, 0.25) is 0 Å². The van der Waals surface area contributed by atoms with Crippen LogP contribution < -0.4 is 10.5 Å². The summed E-state index contributed by atoms with van der Waals surface area (Å²) in [5.41, 5.74) is 6.28. The molecule has 0 aromatic heterocycles. The predicted octanol–water partition coefficient (Wildman–Crippen LogP) is 3.24. The van der Waals surface area contributed by atoms with Crippen LogP contribution in [0, 0.1) is 0 Å². The minimum atomic E-state index is -2.73. The van der Waals surface area contributed by atoms with E-state index in [0.717, 1.165) is 5.56 Å². The Morgan fingerprint density at radius 2 is 1.80 bits per heavy atom. The fourth-order valence-corrected chi connectivity index (χ4v) is 1.77. The molecule has 0 bridgehead atoms. The molecular weight excluding hydrogens is 264 g/mol. The second-order valence-electron chi connectivity index (χ2n) is 4.36. The Morgan fingerprint density at radius 3 is 2.40 bits per heavy atom. The van der Waals surface area contributed by atoms with Crippen LogP contribution >= 0.6 is 0 Å². The van der Waals surface area contributed by atoms with Crippen LogP contribution in [0.5, 0.6) is 11.5 Å². The molecule has 0 aliphatic rings. The normalized spacial score (nSPS) is 12.4. The number of hydrogen-bond donors (Lipinski definition) is 2. The summed E-state index contributed by atoms with van der Waals surface area (Å²) in [6.45, 7) is 0.334. The average Bonchev–Trinajstić information content (AvgIpc) is 2.45. The van der Waals surface area contributed by atoms with E-state index in [1.165, 1.54) is 18.2 Å². The van der Waals surface area contributed by atoms with Crippen molar-refractivity contribution in [3.63, 3.8) is 0 Å². The maximum atomic E-state index is 12.5. The van der Waals surface area contributed by atoms with E-state index in [9.17, 15) is 13.9 Å². The van der Waals surface area contributed by atoms with E-state index in [4.69, 9.17) is 10.5 Å². The molecule has 0 spiro atoms. The molecule has 5 heteroatoms. The van der Waals surface area contributed by atoms with Crippen molar-refractivity contribution in [3.8, 4) is 11.5 Å². The minimum absolute atomic E-state index is 0.00654. The number of phenols is 1. The zero-order chi connectivity index (χ0) is 14.5. The van der Waals surface area contributed by atoms with E-state index in [1.54, 1.807) is 0 Å². The van der Waals surface area contributed by atoms with Gasteiger partial charge in [0.15, 0.2) is 0 Å². The number of aromatic hydroxyl groups is 1. The highest BCUT2D eigenvalue weighted by atomic mass is 19.3. The van der Waals surface area contributed by atoms with Crippen LogP contribution in [-0.2, 0) is 6.61 Å². The molecule has 20 heavy (non-hydrogen) atoms. The van der Waals surface area contributed by atoms with Crippen LogP contribution in [0.4, 0.5) is 8.78 Å². The Hall–Kier alpha value is -2.14. The molecule has 0 aliphatic carbocycles. The van der Waals surface area contributed by atoms with E-state index in [1.807, 2.05) is 30.3 Å². The summed E-state index contributed by atoms with van der Waals surface area (Å²) in [5, 5.41) is 9.71. The first-order valence-corrected chi connectivity index (χ1v) is 6.11.